The standard InChI is InChI=1S/C15H17NO3S/c1-3-15(17)16-10-8-14(9-11-16)20(18,19)13-6-4-12(2)5-7-13/h1,4-7,14H,8-11H2,2H3. The van der Waals surface area contributed by atoms with E-state index in [1.165, 1.54) is 4.90 Å². The number of aryl methyl sites for hydroxylation is 1. The summed E-state index contributed by atoms with van der Waals surface area (Å²) in [5, 5.41) is -0.438. The van der Waals surface area contributed by atoms with Gasteiger partial charge in [-0.05, 0) is 37.8 Å². The average Bonchev–Trinajstić information content (AvgIpc) is 2.47. The van der Waals surface area contributed by atoms with Gasteiger partial charge in [-0.15, -0.1) is 6.42 Å². The summed E-state index contributed by atoms with van der Waals surface area (Å²) in [6.07, 6.45) is 5.94. The predicted octanol–water partition coefficient (Wildman–Crippen LogP) is 1.39. The lowest BCUT2D eigenvalue weighted by Crippen LogP contribution is -2.42. The Labute approximate surface area is 119 Å². The smallest absolute Gasteiger partial charge is 0.298 e. The van der Waals surface area contributed by atoms with Gasteiger partial charge < -0.3 is 4.90 Å². The summed E-state index contributed by atoms with van der Waals surface area (Å²) in [4.78, 5) is 13.3. The molecule has 1 aliphatic heterocycles. The Balaban J connectivity index is 2.12. The molecule has 0 radical (unpaired) electrons. The minimum Gasteiger partial charge on any atom is -0.332 e. The monoisotopic (exact) mass is 291 g/mol. The molecule has 20 heavy (non-hydrogen) atoms. The van der Waals surface area contributed by atoms with E-state index >= 15 is 0 Å². The molecule has 1 saturated heterocycles. The SMILES string of the molecule is C#CC(=O)N1CCC(S(=O)(=O)c2ccc(C)cc2)CC1. The van der Waals surface area contributed by atoms with Crippen molar-refractivity contribution < 1.29 is 13.2 Å². The number of likely N-dealkylation sites (tertiary alicyclic amines) is 1. The van der Waals surface area contributed by atoms with E-state index < -0.39 is 15.1 Å². The van der Waals surface area contributed by atoms with Gasteiger partial charge in [0.1, 0.15) is 0 Å². The first-order valence-electron chi connectivity index (χ1n) is 6.51. The summed E-state index contributed by atoms with van der Waals surface area (Å²) >= 11 is 0. The number of amides is 1. The van der Waals surface area contributed by atoms with Crippen LogP contribution in [-0.4, -0.2) is 37.6 Å². The highest BCUT2D eigenvalue weighted by molar-refractivity contribution is 7.92. The fourth-order valence-corrected chi connectivity index (χ4v) is 4.11. The first-order valence-corrected chi connectivity index (χ1v) is 8.06. The summed E-state index contributed by atoms with van der Waals surface area (Å²) in [5.74, 6) is 1.70. The molecule has 5 heteroatoms. The van der Waals surface area contributed by atoms with E-state index in [9.17, 15) is 13.2 Å². The van der Waals surface area contributed by atoms with Crippen LogP contribution in [-0.2, 0) is 14.6 Å². The van der Waals surface area contributed by atoms with Crippen molar-refractivity contribution in [2.75, 3.05) is 13.1 Å². The second-order valence-corrected chi connectivity index (χ2v) is 7.22. The fraction of sp³-hybridized carbons (Fsp3) is 0.400. The molecule has 1 fully saturated rings. The van der Waals surface area contributed by atoms with E-state index in [0.29, 0.717) is 30.8 Å². The zero-order chi connectivity index (χ0) is 14.8. The van der Waals surface area contributed by atoms with Crippen LogP contribution in [0.25, 0.3) is 0 Å². The third-order valence-electron chi connectivity index (χ3n) is 3.64. The number of terminal acetylenes is 1. The normalized spacial score (nSPS) is 16.7. The summed E-state index contributed by atoms with van der Waals surface area (Å²) in [6, 6.07) is 6.88. The molecule has 4 nitrogen and oxygen atoms in total. The number of carbonyl (C=O) groups excluding carboxylic acids is 1. The molecule has 0 atom stereocenters. The van der Waals surface area contributed by atoms with Crippen LogP contribution in [0.2, 0.25) is 0 Å². The molecule has 0 spiro atoms. The van der Waals surface area contributed by atoms with Crippen LogP contribution in [0.5, 0.6) is 0 Å². The van der Waals surface area contributed by atoms with E-state index in [0.717, 1.165) is 5.56 Å². The lowest BCUT2D eigenvalue weighted by atomic mass is 10.1. The Bertz CT molecular complexity index is 633. The largest absolute Gasteiger partial charge is 0.332 e. The molecule has 1 aromatic rings. The van der Waals surface area contributed by atoms with Crippen molar-refractivity contribution in [3.63, 3.8) is 0 Å². The van der Waals surface area contributed by atoms with Crippen LogP contribution in [0.15, 0.2) is 29.2 Å². The van der Waals surface area contributed by atoms with Crippen molar-refractivity contribution >= 4 is 15.7 Å². The van der Waals surface area contributed by atoms with Crippen LogP contribution in [0.4, 0.5) is 0 Å². The Morgan fingerprint density at radius 2 is 1.80 bits per heavy atom. The lowest BCUT2D eigenvalue weighted by Gasteiger charge is -2.30. The van der Waals surface area contributed by atoms with Gasteiger partial charge in [-0.2, -0.15) is 0 Å². The quantitative estimate of drug-likeness (QED) is 0.774. The van der Waals surface area contributed by atoms with Crippen LogP contribution >= 0.6 is 0 Å². The number of hydrogen-bond donors (Lipinski definition) is 0. The number of rotatable bonds is 2. The number of benzene rings is 1. The van der Waals surface area contributed by atoms with Gasteiger partial charge in [0.05, 0.1) is 10.1 Å². The first-order chi connectivity index (χ1) is 9.45. The van der Waals surface area contributed by atoms with Crippen LogP contribution in [0.1, 0.15) is 18.4 Å². The van der Waals surface area contributed by atoms with Crippen LogP contribution < -0.4 is 0 Å². The molecule has 1 aromatic carbocycles. The van der Waals surface area contributed by atoms with Gasteiger partial charge in [-0.3, -0.25) is 4.79 Å². The second-order valence-electron chi connectivity index (χ2n) is 4.99. The number of piperidine rings is 1. The first kappa shape index (κ1) is 14.6. The van der Waals surface area contributed by atoms with Crippen molar-refractivity contribution in [2.45, 2.75) is 29.9 Å². The zero-order valence-corrected chi connectivity index (χ0v) is 12.2. The molecule has 106 valence electrons. The highest BCUT2D eigenvalue weighted by atomic mass is 32.2. The molecule has 1 amide bonds. The molecule has 0 aliphatic carbocycles. The van der Waals surface area contributed by atoms with Gasteiger partial charge in [0.15, 0.2) is 9.84 Å². The molecule has 2 rings (SSSR count). The van der Waals surface area contributed by atoms with E-state index in [1.807, 2.05) is 6.92 Å². The van der Waals surface area contributed by atoms with Gasteiger partial charge in [0, 0.05) is 13.1 Å². The third kappa shape index (κ3) is 2.86. The summed E-state index contributed by atoms with van der Waals surface area (Å²) in [6.45, 7) is 2.72. The Hall–Kier alpha value is -1.80. The highest BCUT2D eigenvalue weighted by Crippen LogP contribution is 2.24. The summed E-state index contributed by atoms with van der Waals surface area (Å²) < 4.78 is 25.0. The summed E-state index contributed by atoms with van der Waals surface area (Å²) in [5.41, 5.74) is 1.03. The number of sulfone groups is 1. The van der Waals surface area contributed by atoms with Crippen molar-refractivity contribution in [1.29, 1.82) is 0 Å². The second kappa shape index (κ2) is 5.68. The predicted molar refractivity (Wildman–Crippen MR) is 76.8 cm³/mol. The van der Waals surface area contributed by atoms with Crippen LogP contribution in [0, 0.1) is 19.3 Å². The van der Waals surface area contributed by atoms with Gasteiger partial charge in [-0.1, -0.05) is 17.7 Å². The van der Waals surface area contributed by atoms with Crippen molar-refractivity contribution in [2.24, 2.45) is 0 Å². The average molecular weight is 291 g/mol. The lowest BCUT2D eigenvalue weighted by molar-refractivity contribution is -0.125. The minimum atomic E-state index is -3.32. The van der Waals surface area contributed by atoms with Crippen molar-refractivity contribution in [3.05, 3.63) is 29.8 Å². The van der Waals surface area contributed by atoms with E-state index in [4.69, 9.17) is 6.42 Å². The maximum atomic E-state index is 12.5. The molecule has 1 heterocycles. The Morgan fingerprint density at radius 3 is 2.30 bits per heavy atom. The fourth-order valence-electron chi connectivity index (χ4n) is 2.38. The zero-order valence-electron chi connectivity index (χ0n) is 11.4. The van der Waals surface area contributed by atoms with E-state index in [2.05, 4.69) is 5.92 Å². The molecule has 0 saturated carbocycles. The highest BCUT2D eigenvalue weighted by Gasteiger charge is 2.32. The molecular formula is C15H17NO3S. The van der Waals surface area contributed by atoms with Crippen LogP contribution in [0.3, 0.4) is 0 Å². The number of carbonyl (C=O) groups is 1. The third-order valence-corrected chi connectivity index (χ3v) is 5.92. The molecular weight excluding hydrogens is 274 g/mol. The maximum Gasteiger partial charge on any atom is 0.298 e. The van der Waals surface area contributed by atoms with Gasteiger partial charge >= 0.3 is 0 Å². The van der Waals surface area contributed by atoms with Gasteiger partial charge in [-0.25, -0.2) is 8.42 Å². The van der Waals surface area contributed by atoms with Crippen molar-refractivity contribution in [3.8, 4) is 12.3 Å². The van der Waals surface area contributed by atoms with Gasteiger partial charge in [0.2, 0.25) is 0 Å². The van der Waals surface area contributed by atoms with E-state index in [1.54, 1.807) is 24.3 Å². The molecule has 0 bridgehead atoms. The van der Waals surface area contributed by atoms with Gasteiger partial charge in [0.25, 0.3) is 5.91 Å². The Kier molecular flexibility index (Phi) is 4.15. The van der Waals surface area contributed by atoms with E-state index in [-0.39, 0.29) is 5.91 Å². The molecule has 1 aliphatic rings. The maximum absolute atomic E-state index is 12.5. The number of hydrogen-bond acceptors (Lipinski definition) is 3. The molecule has 0 unspecified atom stereocenters. The Morgan fingerprint density at radius 1 is 1.25 bits per heavy atom. The molecule has 0 aromatic heterocycles. The minimum absolute atomic E-state index is 0.352. The number of nitrogens with zero attached hydrogens (tertiary/aromatic N) is 1. The topological polar surface area (TPSA) is 54.5 Å². The molecule has 0 N–H and O–H groups in total. The summed E-state index contributed by atoms with van der Waals surface area (Å²) in [7, 11) is -3.32. The van der Waals surface area contributed by atoms with Crippen molar-refractivity contribution in [1.82, 2.24) is 4.90 Å².